The summed E-state index contributed by atoms with van der Waals surface area (Å²) in [7, 11) is 0. The van der Waals surface area contributed by atoms with Gasteiger partial charge in [0.15, 0.2) is 11.0 Å². The van der Waals surface area contributed by atoms with Crippen LogP contribution in [0.1, 0.15) is 12.7 Å². The summed E-state index contributed by atoms with van der Waals surface area (Å²) < 4.78 is 3.80. The summed E-state index contributed by atoms with van der Waals surface area (Å²) in [5, 5.41) is 18.4. The number of carboxylic acid groups (broad SMARTS) is 1. The largest absolute Gasteiger partial charge is 0.483 e. The highest BCUT2D eigenvalue weighted by molar-refractivity contribution is 7.09. The maximum Gasteiger partial charge on any atom is 0.290 e. The van der Waals surface area contributed by atoms with Gasteiger partial charge in [-0.1, -0.05) is 5.16 Å². The molecular weight excluding hydrogens is 196 g/mol. The van der Waals surface area contributed by atoms with Crippen molar-refractivity contribution in [3.63, 3.8) is 0 Å². The second-order valence-corrected chi connectivity index (χ2v) is 2.53. The van der Waals surface area contributed by atoms with Crippen LogP contribution in [-0.4, -0.2) is 31.9 Å². The molecule has 72 valence electrons. The first-order valence-corrected chi connectivity index (χ1v) is 3.79. The molecular formula is C5H8N4O3S. The van der Waals surface area contributed by atoms with E-state index in [1.807, 2.05) is 0 Å². The highest BCUT2D eigenvalue weighted by Crippen LogP contribution is 2.05. The number of aromatic nitrogens is 2. The van der Waals surface area contributed by atoms with Crippen LogP contribution in [0.3, 0.4) is 0 Å². The molecule has 0 saturated heterocycles. The molecule has 0 aliphatic carbocycles. The molecule has 1 aromatic heterocycles. The van der Waals surface area contributed by atoms with Crippen LogP contribution in [0.4, 0.5) is 5.13 Å². The summed E-state index contributed by atoms with van der Waals surface area (Å²) in [6.07, 6.45) is 0. The number of nitrogens with zero attached hydrogens (tertiary/aromatic N) is 3. The molecule has 1 aromatic rings. The minimum absolute atomic E-state index is 0.250. The van der Waals surface area contributed by atoms with Crippen molar-refractivity contribution in [2.75, 3.05) is 5.73 Å². The molecule has 0 saturated carbocycles. The average molecular weight is 204 g/mol. The molecule has 0 bridgehead atoms. The van der Waals surface area contributed by atoms with Crippen LogP contribution in [0.15, 0.2) is 5.16 Å². The third-order valence-electron chi connectivity index (χ3n) is 0.915. The Bertz CT molecular complexity index is 298. The lowest BCUT2D eigenvalue weighted by Crippen LogP contribution is -1.97. The van der Waals surface area contributed by atoms with Crippen LogP contribution in [0.25, 0.3) is 0 Å². The molecule has 0 unspecified atom stereocenters. The molecule has 7 nitrogen and oxygen atoms in total. The van der Waals surface area contributed by atoms with Crippen molar-refractivity contribution in [1.82, 2.24) is 9.36 Å². The molecule has 0 aliphatic heterocycles. The molecule has 0 amide bonds. The van der Waals surface area contributed by atoms with Crippen LogP contribution >= 0.6 is 11.5 Å². The van der Waals surface area contributed by atoms with Crippen molar-refractivity contribution in [2.45, 2.75) is 6.92 Å². The molecule has 1 heterocycles. The van der Waals surface area contributed by atoms with Crippen LogP contribution in [-0.2, 0) is 4.79 Å². The second-order valence-electron chi connectivity index (χ2n) is 1.75. The quantitative estimate of drug-likeness (QED) is 0.256. The Labute approximate surface area is 77.7 Å². The Morgan fingerprint density at radius 2 is 2.31 bits per heavy atom. The monoisotopic (exact) mass is 204 g/mol. The van der Waals surface area contributed by atoms with E-state index in [2.05, 4.69) is 14.5 Å². The molecule has 0 radical (unpaired) electrons. The van der Waals surface area contributed by atoms with Gasteiger partial charge in [0.1, 0.15) is 5.71 Å². The number of carbonyl (C=O) groups is 1. The summed E-state index contributed by atoms with van der Waals surface area (Å²) in [6, 6.07) is 0. The van der Waals surface area contributed by atoms with Gasteiger partial charge in [-0.05, 0) is 6.92 Å². The molecule has 8 heteroatoms. The number of rotatable bonds is 1. The number of hydrogen-bond donors (Lipinski definition) is 3. The Balaban J connectivity index is 0.000000424. The third-order valence-corrected chi connectivity index (χ3v) is 1.46. The minimum atomic E-state index is -0.250. The van der Waals surface area contributed by atoms with Crippen LogP contribution in [0.2, 0.25) is 0 Å². The number of anilines is 1. The maximum absolute atomic E-state index is 8.36. The topological polar surface area (TPSA) is 122 Å². The predicted octanol–water partition coefficient (Wildman–Crippen LogP) is 0.0193. The van der Waals surface area contributed by atoms with Gasteiger partial charge >= 0.3 is 0 Å². The van der Waals surface area contributed by atoms with Crippen molar-refractivity contribution in [3.8, 4) is 0 Å². The molecule has 4 N–H and O–H groups in total. The van der Waals surface area contributed by atoms with Gasteiger partial charge in [0.2, 0.25) is 0 Å². The van der Waals surface area contributed by atoms with E-state index in [1.54, 1.807) is 6.92 Å². The van der Waals surface area contributed by atoms with Gasteiger partial charge in [-0.15, -0.1) is 0 Å². The molecule has 1 rings (SSSR count). The van der Waals surface area contributed by atoms with Crippen molar-refractivity contribution in [2.24, 2.45) is 5.16 Å². The van der Waals surface area contributed by atoms with Crippen molar-refractivity contribution < 1.29 is 15.1 Å². The smallest absolute Gasteiger partial charge is 0.290 e. The fraction of sp³-hybridized carbons (Fsp3) is 0.200. The fourth-order valence-electron chi connectivity index (χ4n) is 0.427. The normalized spacial score (nSPS) is 10.1. The molecule has 0 spiro atoms. The van der Waals surface area contributed by atoms with E-state index >= 15 is 0 Å². The zero-order valence-electron chi connectivity index (χ0n) is 6.71. The SMILES string of the molecule is C/C(=N\O)c1nsc(N)n1.O=CO. The third kappa shape index (κ3) is 4.01. The first-order chi connectivity index (χ1) is 6.15. The lowest BCUT2D eigenvalue weighted by Gasteiger charge is -1.84. The van der Waals surface area contributed by atoms with Crippen LogP contribution < -0.4 is 5.73 Å². The van der Waals surface area contributed by atoms with Gasteiger partial charge in [0, 0.05) is 11.5 Å². The summed E-state index contributed by atoms with van der Waals surface area (Å²) in [6.45, 7) is 1.35. The zero-order chi connectivity index (χ0) is 10.3. The van der Waals surface area contributed by atoms with E-state index < -0.39 is 0 Å². The Morgan fingerprint density at radius 3 is 2.62 bits per heavy atom. The van der Waals surface area contributed by atoms with E-state index in [0.717, 1.165) is 11.5 Å². The molecule has 0 fully saturated rings. The first kappa shape index (κ1) is 11.3. The average Bonchev–Trinajstić information content (AvgIpc) is 2.52. The lowest BCUT2D eigenvalue weighted by molar-refractivity contribution is -0.122. The first-order valence-electron chi connectivity index (χ1n) is 3.01. The molecule has 0 atom stereocenters. The van der Waals surface area contributed by atoms with Crippen molar-refractivity contribution in [1.29, 1.82) is 0 Å². The van der Waals surface area contributed by atoms with E-state index in [0.29, 0.717) is 16.7 Å². The van der Waals surface area contributed by atoms with E-state index in [1.165, 1.54) is 0 Å². The standard InChI is InChI=1S/C4H6N4OS.CH2O2/c1-2(7-9)3-6-4(5)10-8-3;2-1-3/h9H,1H3,(H2,5,6,8);1H,(H,2,3)/b7-2+;. The van der Waals surface area contributed by atoms with Gasteiger partial charge in [0.05, 0.1) is 0 Å². The Morgan fingerprint density at radius 1 is 1.77 bits per heavy atom. The van der Waals surface area contributed by atoms with Crippen molar-refractivity contribution >= 4 is 28.8 Å². The summed E-state index contributed by atoms with van der Waals surface area (Å²) >= 11 is 1.07. The second kappa shape index (κ2) is 5.89. The van der Waals surface area contributed by atoms with Gasteiger partial charge in [-0.25, -0.2) is 0 Å². The van der Waals surface area contributed by atoms with Crippen LogP contribution in [0, 0.1) is 0 Å². The highest BCUT2D eigenvalue weighted by Gasteiger charge is 2.03. The van der Waals surface area contributed by atoms with Gasteiger partial charge in [-0.2, -0.15) is 9.36 Å². The summed E-state index contributed by atoms with van der Waals surface area (Å²) in [4.78, 5) is 12.1. The maximum atomic E-state index is 8.36. The lowest BCUT2D eigenvalue weighted by atomic mass is 10.4. The number of hydrogen-bond acceptors (Lipinski definition) is 7. The van der Waals surface area contributed by atoms with Gasteiger partial charge in [-0.3, -0.25) is 4.79 Å². The van der Waals surface area contributed by atoms with Crippen molar-refractivity contribution in [3.05, 3.63) is 5.82 Å². The zero-order valence-corrected chi connectivity index (χ0v) is 7.52. The number of nitrogens with two attached hydrogens (primary N) is 1. The highest BCUT2D eigenvalue weighted by atomic mass is 32.1. The van der Waals surface area contributed by atoms with E-state index in [4.69, 9.17) is 20.8 Å². The molecule has 0 aliphatic rings. The van der Waals surface area contributed by atoms with Gasteiger partial charge in [0.25, 0.3) is 6.47 Å². The predicted molar refractivity (Wildman–Crippen MR) is 47.0 cm³/mol. The Kier molecular flexibility index (Phi) is 5.12. The molecule has 0 aromatic carbocycles. The van der Waals surface area contributed by atoms with E-state index in [9.17, 15) is 0 Å². The number of oxime groups is 1. The molecule has 13 heavy (non-hydrogen) atoms. The summed E-state index contributed by atoms with van der Waals surface area (Å²) in [5.41, 5.74) is 5.65. The number of nitrogen functional groups attached to an aromatic ring is 1. The fourth-order valence-corrected chi connectivity index (χ4v) is 0.907. The van der Waals surface area contributed by atoms with Gasteiger partial charge < -0.3 is 16.0 Å². The summed E-state index contributed by atoms with van der Waals surface area (Å²) in [5.74, 6) is 0.380. The van der Waals surface area contributed by atoms with E-state index in [-0.39, 0.29) is 6.47 Å². The Hall–Kier alpha value is -1.70. The minimum Gasteiger partial charge on any atom is -0.483 e. The van der Waals surface area contributed by atoms with Crippen LogP contribution in [0.5, 0.6) is 0 Å².